The smallest absolute Gasteiger partial charge is 0.252 e. The standard InChI is InChI=1S/C9H9F2N3O/c1-2-3-4-15-9-7(11)5-6(10)8(13-9)14-12/h1,5H,3-4,12H2,(H,13,14). The van der Waals surface area contributed by atoms with Gasteiger partial charge in [0.05, 0.1) is 0 Å². The molecule has 3 N–H and O–H groups in total. The highest BCUT2D eigenvalue weighted by Crippen LogP contribution is 2.19. The van der Waals surface area contributed by atoms with E-state index in [-0.39, 0.29) is 18.3 Å². The van der Waals surface area contributed by atoms with Gasteiger partial charge in [0.15, 0.2) is 17.5 Å². The van der Waals surface area contributed by atoms with Crippen LogP contribution in [-0.4, -0.2) is 11.6 Å². The molecule has 0 fully saturated rings. The minimum Gasteiger partial charge on any atom is -0.475 e. The Kier molecular flexibility index (Phi) is 3.83. The number of aromatic nitrogens is 1. The van der Waals surface area contributed by atoms with Crippen molar-refractivity contribution in [1.29, 1.82) is 0 Å². The van der Waals surface area contributed by atoms with Crippen LogP contribution >= 0.6 is 0 Å². The van der Waals surface area contributed by atoms with E-state index in [2.05, 4.69) is 10.9 Å². The summed E-state index contributed by atoms with van der Waals surface area (Å²) in [4.78, 5) is 3.49. The molecule has 0 radical (unpaired) electrons. The summed E-state index contributed by atoms with van der Waals surface area (Å²) in [5, 5.41) is 0. The first-order valence-corrected chi connectivity index (χ1v) is 4.08. The minimum atomic E-state index is -0.900. The zero-order chi connectivity index (χ0) is 11.3. The van der Waals surface area contributed by atoms with Crippen LogP contribution in [0.1, 0.15) is 6.42 Å². The second-order valence-corrected chi connectivity index (χ2v) is 2.55. The second-order valence-electron chi connectivity index (χ2n) is 2.55. The number of ether oxygens (including phenoxy) is 1. The van der Waals surface area contributed by atoms with Crippen molar-refractivity contribution in [2.75, 3.05) is 12.0 Å². The fourth-order valence-electron chi connectivity index (χ4n) is 0.859. The van der Waals surface area contributed by atoms with Crippen LogP contribution in [0.15, 0.2) is 6.07 Å². The third kappa shape index (κ3) is 2.79. The molecule has 1 aromatic heterocycles. The van der Waals surface area contributed by atoms with Gasteiger partial charge in [0.1, 0.15) is 6.61 Å². The number of terminal acetylenes is 1. The van der Waals surface area contributed by atoms with E-state index in [0.29, 0.717) is 12.5 Å². The average Bonchev–Trinajstić information content (AvgIpc) is 2.21. The molecule has 0 saturated heterocycles. The minimum absolute atomic E-state index is 0.107. The highest BCUT2D eigenvalue weighted by atomic mass is 19.1. The number of rotatable bonds is 4. The second kappa shape index (κ2) is 5.12. The molecule has 0 aliphatic carbocycles. The summed E-state index contributed by atoms with van der Waals surface area (Å²) in [6, 6.07) is 0.632. The van der Waals surface area contributed by atoms with Crippen molar-refractivity contribution < 1.29 is 13.5 Å². The molecule has 80 valence electrons. The number of halogens is 2. The number of hydrogen-bond acceptors (Lipinski definition) is 4. The van der Waals surface area contributed by atoms with E-state index in [1.165, 1.54) is 0 Å². The molecule has 0 unspecified atom stereocenters. The van der Waals surface area contributed by atoms with Gasteiger partial charge in [-0.05, 0) is 0 Å². The molecule has 0 aromatic carbocycles. The SMILES string of the molecule is C#CCCOc1nc(NN)c(F)cc1F. The predicted molar refractivity (Wildman–Crippen MR) is 50.9 cm³/mol. The number of nitrogens with one attached hydrogen (secondary N) is 1. The van der Waals surface area contributed by atoms with Gasteiger partial charge in [-0.2, -0.15) is 4.98 Å². The number of anilines is 1. The zero-order valence-corrected chi connectivity index (χ0v) is 7.76. The number of nitrogens with zero attached hydrogens (tertiary/aromatic N) is 1. The van der Waals surface area contributed by atoms with Gasteiger partial charge < -0.3 is 10.2 Å². The van der Waals surface area contributed by atoms with E-state index in [1.807, 2.05) is 5.43 Å². The summed E-state index contributed by atoms with van der Waals surface area (Å²) in [5.41, 5.74) is 1.98. The number of hydrogen-bond donors (Lipinski definition) is 2. The fraction of sp³-hybridized carbons (Fsp3) is 0.222. The van der Waals surface area contributed by atoms with Crippen molar-refractivity contribution in [3.05, 3.63) is 17.7 Å². The lowest BCUT2D eigenvalue weighted by molar-refractivity contribution is 0.295. The van der Waals surface area contributed by atoms with Gasteiger partial charge in [0.2, 0.25) is 0 Å². The Morgan fingerprint density at radius 1 is 1.53 bits per heavy atom. The summed E-state index contributed by atoms with van der Waals surface area (Å²) in [6.45, 7) is 0.107. The number of nitrogens with two attached hydrogens (primary N) is 1. The third-order valence-electron chi connectivity index (χ3n) is 1.52. The van der Waals surface area contributed by atoms with Crippen LogP contribution in [0.4, 0.5) is 14.6 Å². The quantitative estimate of drug-likeness (QED) is 0.339. The van der Waals surface area contributed by atoms with Gasteiger partial charge in [-0.1, -0.05) is 0 Å². The maximum atomic E-state index is 13.0. The Hall–Kier alpha value is -1.87. The van der Waals surface area contributed by atoms with Gasteiger partial charge in [-0.3, -0.25) is 0 Å². The molecule has 1 aromatic rings. The first-order valence-electron chi connectivity index (χ1n) is 4.08. The number of pyridine rings is 1. The molecule has 0 bridgehead atoms. The van der Waals surface area contributed by atoms with Crippen molar-refractivity contribution in [3.63, 3.8) is 0 Å². The molecule has 0 amide bonds. The van der Waals surface area contributed by atoms with E-state index in [9.17, 15) is 8.78 Å². The van der Waals surface area contributed by atoms with E-state index in [0.717, 1.165) is 0 Å². The summed E-state index contributed by atoms with van der Waals surface area (Å²) in [6.07, 6.45) is 5.28. The molecule has 0 spiro atoms. The maximum Gasteiger partial charge on any atom is 0.252 e. The van der Waals surface area contributed by atoms with E-state index < -0.39 is 11.6 Å². The molecular formula is C9H9F2N3O. The van der Waals surface area contributed by atoms with Gasteiger partial charge in [-0.25, -0.2) is 14.6 Å². The lowest BCUT2D eigenvalue weighted by Crippen LogP contribution is -2.12. The third-order valence-corrected chi connectivity index (χ3v) is 1.52. The summed E-state index contributed by atoms with van der Waals surface area (Å²) in [5.74, 6) is 4.86. The topological polar surface area (TPSA) is 60.2 Å². The van der Waals surface area contributed by atoms with Gasteiger partial charge in [0, 0.05) is 12.5 Å². The summed E-state index contributed by atoms with van der Waals surface area (Å²) in [7, 11) is 0. The lowest BCUT2D eigenvalue weighted by Gasteiger charge is -2.07. The van der Waals surface area contributed by atoms with Crippen molar-refractivity contribution in [1.82, 2.24) is 4.98 Å². The van der Waals surface area contributed by atoms with Gasteiger partial charge in [-0.15, -0.1) is 12.3 Å². The predicted octanol–water partition coefficient (Wildman–Crippen LogP) is 1.05. The van der Waals surface area contributed by atoms with E-state index >= 15 is 0 Å². The zero-order valence-electron chi connectivity index (χ0n) is 7.76. The normalized spacial score (nSPS) is 9.47. The average molecular weight is 213 g/mol. The molecule has 0 aliphatic heterocycles. The van der Waals surface area contributed by atoms with Crippen LogP contribution in [0.25, 0.3) is 0 Å². The molecule has 0 saturated carbocycles. The van der Waals surface area contributed by atoms with Crippen molar-refractivity contribution in [2.45, 2.75) is 6.42 Å². The van der Waals surface area contributed by atoms with Crippen LogP contribution in [0, 0.1) is 24.0 Å². The summed E-state index contributed by atoms with van der Waals surface area (Å²) >= 11 is 0. The van der Waals surface area contributed by atoms with Gasteiger partial charge >= 0.3 is 0 Å². The number of nitrogen functional groups attached to an aromatic ring is 1. The number of hydrazine groups is 1. The van der Waals surface area contributed by atoms with Crippen LogP contribution in [0.3, 0.4) is 0 Å². The Morgan fingerprint density at radius 3 is 2.87 bits per heavy atom. The Morgan fingerprint density at radius 2 is 2.27 bits per heavy atom. The molecule has 6 heteroatoms. The molecule has 0 atom stereocenters. The van der Waals surface area contributed by atoms with E-state index in [4.69, 9.17) is 17.0 Å². The van der Waals surface area contributed by atoms with Gasteiger partial charge in [0.25, 0.3) is 5.88 Å². The first-order chi connectivity index (χ1) is 7.19. The molecule has 0 aliphatic rings. The van der Waals surface area contributed by atoms with Crippen LogP contribution in [0.2, 0.25) is 0 Å². The lowest BCUT2D eigenvalue weighted by atomic mass is 10.4. The largest absolute Gasteiger partial charge is 0.475 e. The van der Waals surface area contributed by atoms with Crippen molar-refractivity contribution in [2.24, 2.45) is 5.84 Å². The van der Waals surface area contributed by atoms with E-state index in [1.54, 1.807) is 0 Å². The van der Waals surface area contributed by atoms with Crippen molar-refractivity contribution in [3.8, 4) is 18.2 Å². The highest BCUT2D eigenvalue weighted by Gasteiger charge is 2.11. The molecule has 1 rings (SSSR count). The summed E-state index contributed by atoms with van der Waals surface area (Å²) < 4.78 is 30.8. The van der Waals surface area contributed by atoms with Crippen LogP contribution in [0.5, 0.6) is 5.88 Å². The Balaban J connectivity index is 2.83. The maximum absolute atomic E-state index is 13.0. The highest BCUT2D eigenvalue weighted by molar-refractivity contribution is 5.38. The molecular weight excluding hydrogens is 204 g/mol. The Bertz CT molecular complexity index is 390. The molecule has 1 heterocycles. The Labute approximate surface area is 85.4 Å². The molecule has 4 nitrogen and oxygen atoms in total. The first kappa shape index (κ1) is 11.2. The fourth-order valence-corrected chi connectivity index (χ4v) is 0.859. The van der Waals surface area contributed by atoms with Crippen LogP contribution in [-0.2, 0) is 0 Å². The monoisotopic (exact) mass is 213 g/mol. The van der Waals surface area contributed by atoms with Crippen LogP contribution < -0.4 is 16.0 Å². The molecule has 15 heavy (non-hydrogen) atoms. The van der Waals surface area contributed by atoms with Crippen molar-refractivity contribution >= 4 is 5.82 Å².